The smallest absolute Gasteiger partial charge is 0.198 e. The van der Waals surface area contributed by atoms with Crippen LogP contribution in [0.15, 0.2) is 88.9 Å². The van der Waals surface area contributed by atoms with E-state index in [-0.39, 0.29) is 4.90 Å². The summed E-state index contributed by atoms with van der Waals surface area (Å²) >= 11 is 5.36. The Hall–Kier alpha value is -3.10. The molecule has 0 aliphatic rings. The van der Waals surface area contributed by atoms with Crippen molar-refractivity contribution in [1.29, 1.82) is 0 Å². The lowest BCUT2D eigenvalue weighted by molar-refractivity contribution is 0.596. The van der Waals surface area contributed by atoms with E-state index in [9.17, 15) is 8.42 Å². The van der Waals surface area contributed by atoms with E-state index < -0.39 is 15.7 Å². The van der Waals surface area contributed by atoms with Crippen molar-refractivity contribution in [3.05, 3.63) is 95.8 Å². The van der Waals surface area contributed by atoms with Gasteiger partial charge in [-0.1, -0.05) is 54.1 Å². The fourth-order valence-electron chi connectivity index (χ4n) is 2.59. The van der Waals surface area contributed by atoms with Crippen molar-refractivity contribution in [3.63, 3.8) is 0 Å². The van der Waals surface area contributed by atoms with Crippen LogP contribution >= 0.6 is 12.2 Å². The number of hydrogen-bond donors (Lipinski definition) is 2. The second kappa shape index (κ2) is 10.1. The largest absolute Gasteiger partial charge is 0.357 e. The van der Waals surface area contributed by atoms with Crippen molar-refractivity contribution < 1.29 is 8.42 Å². The van der Waals surface area contributed by atoms with E-state index in [0.717, 1.165) is 16.8 Å². The van der Waals surface area contributed by atoms with Gasteiger partial charge in [0, 0.05) is 11.8 Å². The first kappa shape index (κ1) is 21.6. The summed E-state index contributed by atoms with van der Waals surface area (Å²) in [5, 5.41) is 6.41. The van der Waals surface area contributed by atoms with Gasteiger partial charge in [-0.2, -0.15) is 0 Å². The normalized spacial score (nSPS) is 11.7. The Kier molecular flexibility index (Phi) is 7.26. The van der Waals surface area contributed by atoms with Gasteiger partial charge in [0.05, 0.1) is 17.1 Å². The maximum Gasteiger partial charge on any atom is 0.198 e. The van der Waals surface area contributed by atoms with Gasteiger partial charge in [0.25, 0.3) is 0 Å². The fraction of sp³-hybridized carbons (Fsp3) is 0.136. The van der Waals surface area contributed by atoms with Crippen molar-refractivity contribution in [2.75, 3.05) is 5.88 Å². The molecule has 0 spiro atoms. The predicted octanol–water partition coefficient (Wildman–Crippen LogP) is 3.23. The molecule has 0 amide bonds. The fourth-order valence-corrected chi connectivity index (χ4v) is 3.76. The van der Waals surface area contributed by atoms with Crippen LogP contribution in [0.25, 0.3) is 0 Å². The molecule has 2 N–H and O–H groups in total. The number of amidine groups is 1. The van der Waals surface area contributed by atoms with Crippen LogP contribution in [0.1, 0.15) is 16.8 Å². The van der Waals surface area contributed by atoms with Crippen LogP contribution in [0.5, 0.6) is 0 Å². The first-order valence-corrected chi connectivity index (χ1v) is 11.3. The molecular formula is C22H22N4O2S2. The molecule has 0 aliphatic heterocycles. The highest BCUT2D eigenvalue weighted by Gasteiger charge is 2.15. The second-order valence-electron chi connectivity index (χ2n) is 6.56. The molecule has 2 aromatic carbocycles. The molecule has 1 aromatic heterocycles. The highest BCUT2D eigenvalue weighted by Crippen LogP contribution is 2.13. The Morgan fingerprint density at radius 2 is 1.70 bits per heavy atom. The average Bonchev–Trinajstić information content (AvgIpc) is 2.77. The summed E-state index contributed by atoms with van der Waals surface area (Å²) in [6, 6.07) is 21.6. The average molecular weight is 439 g/mol. The van der Waals surface area contributed by atoms with E-state index in [4.69, 9.17) is 12.2 Å². The van der Waals surface area contributed by atoms with Crippen molar-refractivity contribution in [2.45, 2.75) is 18.4 Å². The number of rotatable bonds is 6. The number of hydrogen-bond acceptors (Lipinski definition) is 5. The third-order valence-corrected chi connectivity index (χ3v) is 5.91. The van der Waals surface area contributed by atoms with Crippen molar-refractivity contribution in [1.82, 2.24) is 15.6 Å². The monoisotopic (exact) mass is 438 g/mol. The highest BCUT2D eigenvalue weighted by molar-refractivity contribution is 7.91. The number of benzene rings is 2. The number of aromatic nitrogens is 1. The summed E-state index contributed by atoms with van der Waals surface area (Å²) in [5.41, 5.74) is 2.56. The minimum Gasteiger partial charge on any atom is -0.357 e. The van der Waals surface area contributed by atoms with Crippen molar-refractivity contribution in [2.24, 2.45) is 4.99 Å². The van der Waals surface area contributed by atoms with Gasteiger partial charge in [-0.05, 0) is 43.4 Å². The molecule has 0 saturated heterocycles. The van der Waals surface area contributed by atoms with Crippen LogP contribution in [0.3, 0.4) is 0 Å². The zero-order chi connectivity index (χ0) is 21.4. The highest BCUT2D eigenvalue weighted by atomic mass is 32.2. The zero-order valence-electron chi connectivity index (χ0n) is 16.4. The predicted molar refractivity (Wildman–Crippen MR) is 123 cm³/mol. The first-order valence-electron chi connectivity index (χ1n) is 9.28. The second-order valence-corrected chi connectivity index (χ2v) is 8.93. The van der Waals surface area contributed by atoms with Gasteiger partial charge in [-0.3, -0.25) is 9.98 Å². The van der Waals surface area contributed by atoms with E-state index in [1.54, 1.807) is 30.5 Å². The maximum absolute atomic E-state index is 12.7. The molecule has 6 nitrogen and oxygen atoms in total. The van der Waals surface area contributed by atoms with Crippen LogP contribution in [0.4, 0.5) is 0 Å². The Morgan fingerprint density at radius 1 is 1.00 bits per heavy atom. The standard InChI is InChI=1S/C22H22N4O2S2/c1-17-10-12-20(13-11-17)30(27,28)16-25-21(18-7-3-2-4-8-18)26-22(29)24-15-19-9-5-6-14-23-19/h2-14H,15-16H2,1H3,(H2,24,25,26,29). The molecule has 0 unspecified atom stereocenters. The summed E-state index contributed by atoms with van der Waals surface area (Å²) < 4.78 is 25.4. The quantitative estimate of drug-likeness (QED) is 0.349. The van der Waals surface area contributed by atoms with E-state index in [1.807, 2.05) is 55.5 Å². The Morgan fingerprint density at radius 3 is 2.37 bits per heavy atom. The SMILES string of the molecule is Cc1ccc(S(=O)(=O)C/N=C(/NC(=S)NCc2ccccn2)c2ccccc2)cc1. The molecule has 8 heteroatoms. The number of nitrogens with zero attached hydrogens (tertiary/aromatic N) is 2. The first-order chi connectivity index (χ1) is 14.4. The number of sulfone groups is 1. The Bertz CT molecular complexity index is 1110. The third kappa shape index (κ3) is 6.20. The number of pyridine rings is 1. The topological polar surface area (TPSA) is 83.5 Å². The molecule has 0 saturated carbocycles. The van der Waals surface area contributed by atoms with Crippen LogP contribution in [-0.2, 0) is 16.4 Å². The molecule has 0 aliphatic carbocycles. The molecule has 0 bridgehead atoms. The number of aliphatic imine (C=N–C) groups is 1. The van der Waals surface area contributed by atoms with E-state index >= 15 is 0 Å². The summed E-state index contributed by atoms with van der Waals surface area (Å²) in [6.45, 7) is 2.35. The summed E-state index contributed by atoms with van der Waals surface area (Å²) in [6.07, 6.45) is 1.71. The zero-order valence-corrected chi connectivity index (χ0v) is 18.1. The molecule has 3 aromatic rings. The van der Waals surface area contributed by atoms with E-state index in [0.29, 0.717) is 17.5 Å². The lowest BCUT2D eigenvalue weighted by Gasteiger charge is -2.13. The van der Waals surface area contributed by atoms with Crippen LogP contribution in [0, 0.1) is 6.92 Å². The Balaban J connectivity index is 1.75. The number of aryl methyl sites for hydroxylation is 1. The maximum atomic E-state index is 12.7. The van der Waals surface area contributed by atoms with Crippen LogP contribution in [0.2, 0.25) is 0 Å². The van der Waals surface area contributed by atoms with Gasteiger partial charge in [-0.25, -0.2) is 8.42 Å². The van der Waals surface area contributed by atoms with E-state index in [1.165, 1.54) is 0 Å². The molecule has 0 atom stereocenters. The number of nitrogens with one attached hydrogen (secondary N) is 2. The minimum absolute atomic E-state index is 0.236. The molecule has 1 heterocycles. The lowest BCUT2D eigenvalue weighted by Crippen LogP contribution is -2.39. The molecular weight excluding hydrogens is 416 g/mol. The van der Waals surface area contributed by atoms with Crippen molar-refractivity contribution in [3.8, 4) is 0 Å². The summed E-state index contributed by atoms with van der Waals surface area (Å²) in [4.78, 5) is 8.81. The number of thiocarbonyl (C=S) groups is 1. The van der Waals surface area contributed by atoms with Gasteiger partial charge < -0.3 is 10.6 Å². The molecule has 3 rings (SSSR count). The van der Waals surface area contributed by atoms with Crippen LogP contribution in [-0.4, -0.2) is 30.2 Å². The Labute approximate surface area is 182 Å². The molecule has 0 radical (unpaired) electrons. The van der Waals surface area contributed by atoms with Crippen molar-refractivity contribution >= 4 is 33.0 Å². The lowest BCUT2D eigenvalue weighted by atomic mass is 10.2. The molecule has 154 valence electrons. The molecule has 30 heavy (non-hydrogen) atoms. The van der Waals surface area contributed by atoms with Gasteiger partial charge in [-0.15, -0.1) is 0 Å². The molecule has 0 fully saturated rings. The third-order valence-electron chi connectivity index (χ3n) is 4.21. The van der Waals surface area contributed by atoms with Gasteiger partial charge in [0.15, 0.2) is 14.9 Å². The summed E-state index contributed by atoms with van der Waals surface area (Å²) in [7, 11) is -3.57. The summed E-state index contributed by atoms with van der Waals surface area (Å²) in [5.74, 6) is -0.0133. The van der Waals surface area contributed by atoms with Gasteiger partial charge >= 0.3 is 0 Å². The van der Waals surface area contributed by atoms with E-state index in [2.05, 4.69) is 20.6 Å². The van der Waals surface area contributed by atoms with Gasteiger partial charge in [0.2, 0.25) is 0 Å². The van der Waals surface area contributed by atoms with Gasteiger partial charge in [0.1, 0.15) is 11.7 Å². The minimum atomic E-state index is -3.57. The van der Waals surface area contributed by atoms with Crippen LogP contribution < -0.4 is 10.6 Å².